The highest BCUT2D eigenvalue weighted by Gasteiger charge is 2.46. The van der Waals surface area contributed by atoms with Gasteiger partial charge in [-0.1, -0.05) is 5.92 Å². The Kier molecular flexibility index (Phi) is 2.58. The molecule has 0 aliphatic heterocycles. The summed E-state index contributed by atoms with van der Waals surface area (Å²) in [4.78, 5) is 0. The van der Waals surface area contributed by atoms with Gasteiger partial charge in [0.1, 0.15) is 5.60 Å². The first-order valence-corrected chi connectivity index (χ1v) is 4.14. The van der Waals surface area contributed by atoms with Crippen molar-refractivity contribution in [2.24, 2.45) is 5.92 Å². The smallest absolute Gasteiger partial charge is 0.378 e. The molecule has 0 spiro atoms. The third-order valence-corrected chi connectivity index (χ3v) is 2.46. The molecule has 1 N–H and O–H groups in total. The number of halogens is 3. The van der Waals surface area contributed by atoms with E-state index in [1.54, 1.807) is 0 Å². The van der Waals surface area contributed by atoms with Crippen molar-refractivity contribution < 1.29 is 18.3 Å². The number of hydrogen-bond donors (Lipinski definition) is 1. The molecule has 1 nitrogen and oxygen atoms in total. The Hall–Kier alpha value is -0.690. The van der Waals surface area contributed by atoms with Crippen molar-refractivity contribution in [1.82, 2.24) is 0 Å². The second kappa shape index (κ2) is 3.22. The lowest BCUT2D eigenvalue weighted by Gasteiger charge is -2.33. The second-order valence-electron chi connectivity index (χ2n) is 3.51. The van der Waals surface area contributed by atoms with E-state index in [9.17, 15) is 18.3 Å². The zero-order valence-corrected chi connectivity index (χ0v) is 7.06. The molecule has 0 bridgehead atoms. The average molecular weight is 192 g/mol. The van der Waals surface area contributed by atoms with E-state index in [-0.39, 0.29) is 19.3 Å². The molecule has 4 heteroatoms. The molecular formula is C9H11F3O. The van der Waals surface area contributed by atoms with Crippen LogP contribution >= 0.6 is 0 Å². The Bertz CT molecular complexity index is 228. The van der Waals surface area contributed by atoms with Gasteiger partial charge in [0.05, 0.1) is 5.92 Å². The van der Waals surface area contributed by atoms with Crippen LogP contribution in [-0.2, 0) is 0 Å². The summed E-state index contributed by atoms with van der Waals surface area (Å²) in [5.74, 6) is 0.596. The molecular weight excluding hydrogens is 181 g/mol. The molecule has 0 amide bonds. The van der Waals surface area contributed by atoms with Gasteiger partial charge in [-0.3, -0.25) is 0 Å². The Morgan fingerprint density at radius 2 is 2.08 bits per heavy atom. The van der Waals surface area contributed by atoms with E-state index < -0.39 is 17.7 Å². The minimum absolute atomic E-state index is 0.0769. The highest BCUT2D eigenvalue weighted by atomic mass is 19.4. The maximum absolute atomic E-state index is 12.2. The van der Waals surface area contributed by atoms with Gasteiger partial charge in [-0.15, -0.1) is 6.42 Å². The van der Waals surface area contributed by atoms with E-state index >= 15 is 0 Å². The predicted octanol–water partition coefficient (Wildman–Crippen LogP) is 2.10. The molecule has 2 atom stereocenters. The van der Waals surface area contributed by atoms with Crippen molar-refractivity contribution in [3.63, 3.8) is 0 Å². The molecule has 13 heavy (non-hydrogen) atoms. The van der Waals surface area contributed by atoms with Crippen molar-refractivity contribution >= 4 is 0 Å². The molecule has 0 heterocycles. The molecule has 0 aromatic rings. The van der Waals surface area contributed by atoms with Crippen LogP contribution in [-0.4, -0.2) is 16.9 Å². The summed E-state index contributed by atoms with van der Waals surface area (Å²) in [5, 5.41) is 9.48. The van der Waals surface area contributed by atoms with E-state index in [2.05, 4.69) is 0 Å². The van der Waals surface area contributed by atoms with E-state index in [1.165, 1.54) is 0 Å². The Balaban J connectivity index is 2.69. The number of alkyl halides is 3. The lowest BCUT2D eigenvalue weighted by molar-refractivity contribution is -0.194. The van der Waals surface area contributed by atoms with Gasteiger partial charge in [0.15, 0.2) is 0 Å². The van der Waals surface area contributed by atoms with Crippen LogP contribution in [0.5, 0.6) is 0 Å². The van der Waals surface area contributed by atoms with Crippen LogP contribution in [0, 0.1) is 18.3 Å². The molecule has 74 valence electrons. The van der Waals surface area contributed by atoms with Crippen LogP contribution in [0.25, 0.3) is 0 Å². The molecule has 1 aliphatic carbocycles. The molecule has 1 fully saturated rings. The number of aliphatic hydroxyl groups is 1. The molecule has 1 rings (SSSR count). The van der Waals surface area contributed by atoms with Gasteiger partial charge in [0, 0.05) is 0 Å². The minimum Gasteiger partial charge on any atom is -0.378 e. The highest BCUT2D eigenvalue weighted by Crippen LogP contribution is 2.41. The normalized spacial score (nSPS) is 35.5. The van der Waals surface area contributed by atoms with Crippen LogP contribution < -0.4 is 0 Å². The Morgan fingerprint density at radius 1 is 1.46 bits per heavy atom. The Morgan fingerprint density at radius 3 is 2.54 bits per heavy atom. The molecule has 1 aliphatic rings. The van der Waals surface area contributed by atoms with E-state index in [0.29, 0.717) is 6.42 Å². The van der Waals surface area contributed by atoms with E-state index in [0.717, 1.165) is 0 Å². The molecule has 2 unspecified atom stereocenters. The first kappa shape index (κ1) is 10.4. The largest absolute Gasteiger partial charge is 0.391 e. The summed E-state index contributed by atoms with van der Waals surface area (Å²) < 4.78 is 36.7. The summed E-state index contributed by atoms with van der Waals surface area (Å²) >= 11 is 0. The van der Waals surface area contributed by atoms with Gasteiger partial charge in [-0.05, 0) is 25.7 Å². The zero-order chi connectivity index (χ0) is 10.1. The highest BCUT2D eigenvalue weighted by molar-refractivity contribution is 5.09. The maximum Gasteiger partial charge on any atom is 0.391 e. The maximum atomic E-state index is 12.2. The topological polar surface area (TPSA) is 20.2 Å². The van der Waals surface area contributed by atoms with Crippen molar-refractivity contribution in [3.05, 3.63) is 0 Å². The molecule has 0 saturated heterocycles. The molecule has 0 aromatic carbocycles. The van der Waals surface area contributed by atoms with Crippen LogP contribution in [0.2, 0.25) is 0 Å². The zero-order valence-electron chi connectivity index (χ0n) is 7.06. The van der Waals surface area contributed by atoms with Gasteiger partial charge in [-0.25, -0.2) is 0 Å². The predicted molar refractivity (Wildman–Crippen MR) is 41.8 cm³/mol. The van der Waals surface area contributed by atoms with Crippen LogP contribution in [0.1, 0.15) is 25.7 Å². The van der Waals surface area contributed by atoms with Crippen molar-refractivity contribution in [3.8, 4) is 12.3 Å². The van der Waals surface area contributed by atoms with Gasteiger partial charge >= 0.3 is 6.18 Å². The van der Waals surface area contributed by atoms with E-state index in [4.69, 9.17) is 6.42 Å². The van der Waals surface area contributed by atoms with Gasteiger partial charge in [-0.2, -0.15) is 13.2 Å². The lowest BCUT2D eigenvalue weighted by atomic mass is 9.78. The Labute approximate surface area is 74.9 Å². The molecule has 1 saturated carbocycles. The second-order valence-corrected chi connectivity index (χ2v) is 3.51. The SMILES string of the molecule is C#CC1(O)CCCC(C(F)(F)F)C1. The molecule has 0 aromatic heterocycles. The average Bonchev–Trinajstić information content (AvgIpc) is 2.03. The van der Waals surface area contributed by atoms with Gasteiger partial charge in [0.2, 0.25) is 0 Å². The fourth-order valence-corrected chi connectivity index (χ4v) is 1.66. The minimum atomic E-state index is -4.23. The third-order valence-electron chi connectivity index (χ3n) is 2.46. The van der Waals surface area contributed by atoms with Crippen LogP contribution in [0.15, 0.2) is 0 Å². The van der Waals surface area contributed by atoms with Crippen LogP contribution in [0.4, 0.5) is 13.2 Å². The summed E-state index contributed by atoms with van der Waals surface area (Å²) in [6.07, 6.45) is 1.08. The molecule has 0 radical (unpaired) electrons. The number of rotatable bonds is 0. The quantitative estimate of drug-likeness (QED) is 0.583. The van der Waals surface area contributed by atoms with Crippen LogP contribution in [0.3, 0.4) is 0 Å². The van der Waals surface area contributed by atoms with Crippen molar-refractivity contribution in [2.75, 3.05) is 0 Å². The van der Waals surface area contributed by atoms with Crippen molar-refractivity contribution in [1.29, 1.82) is 0 Å². The summed E-state index contributed by atoms with van der Waals surface area (Å²) in [7, 11) is 0. The fraction of sp³-hybridized carbons (Fsp3) is 0.778. The van der Waals surface area contributed by atoms with E-state index in [1.807, 2.05) is 5.92 Å². The third kappa shape index (κ3) is 2.38. The first-order valence-electron chi connectivity index (χ1n) is 4.14. The van der Waals surface area contributed by atoms with Gasteiger partial charge < -0.3 is 5.11 Å². The summed E-state index contributed by atoms with van der Waals surface area (Å²) in [5.41, 5.74) is -1.54. The number of hydrogen-bond acceptors (Lipinski definition) is 1. The first-order chi connectivity index (χ1) is 5.87. The standard InChI is InChI=1S/C9H11F3O/c1-2-8(13)5-3-4-7(6-8)9(10,11)12/h1,7,13H,3-6H2. The lowest BCUT2D eigenvalue weighted by Crippen LogP contribution is -2.39. The summed E-state index contributed by atoms with van der Waals surface area (Å²) in [6.45, 7) is 0. The number of terminal acetylenes is 1. The van der Waals surface area contributed by atoms with Gasteiger partial charge in [0.25, 0.3) is 0 Å². The monoisotopic (exact) mass is 192 g/mol. The van der Waals surface area contributed by atoms with Crippen molar-refractivity contribution in [2.45, 2.75) is 37.5 Å². The fourth-order valence-electron chi connectivity index (χ4n) is 1.66. The summed E-state index contributed by atoms with van der Waals surface area (Å²) in [6, 6.07) is 0.